The topological polar surface area (TPSA) is 34.1 Å². The minimum atomic E-state index is -6.24. The molecule has 9 heteroatoms. The summed E-state index contributed by atoms with van der Waals surface area (Å²) in [6.45, 7) is 1.87. The second kappa shape index (κ2) is 7.22. The van der Waals surface area contributed by atoms with E-state index in [9.17, 15) is 34.8 Å². The molecule has 3 rings (SSSR count). The van der Waals surface area contributed by atoms with Crippen molar-refractivity contribution in [2.24, 2.45) is 0 Å². The third-order valence-electron chi connectivity index (χ3n) is 4.24. The molecule has 3 aromatic carbocycles. The highest BCUT2D eigenvalue weighted by Crippen LogP contribution is 2.36. The fourth-order valence-electron chi connectivity index (χ4n) is 2.76. The van der Waals surface area contributed by atoms with Gasteiger partial charge in [-0.2, -0.15) is 13.2 Å². The fraction of sp³-hybridized carbons (Fsp3) is 0.100. The van der Waals surface area contributed by atoms with Crippen LogP contribution in [0, 0.1) is 24.4 Å². The van der Waals surface area contributed by atoms with E-state index in [-0.39, 0.29) is 5.56 Å². The minimum absolute atomic E-state index is 0.297. The van der Waals surface area contributed by atoms with Gasteiger partial charge >= 0.3 is 5.51 Å². The van der Waals surface area contributed by atoms with Gasteiger partial charge in [0.15, 0.2) is 0 Å². The number of hydrogen-bond donors (Lipinski definition) is 0. The van der Waals surface area contributed by atoms with Gasteiger partial charge in [-0.3, -0.25) is 0 Å². The highest BCUT2D eigenvalue weighted by atomic mass is 32.2. The lowest BCUT2D eigenvalue weighted by atomic mass is 9.99. The van der Waals surface area contributed by atoms with Crippen LogP contribution in [0.4, 0.5) is 26.3 Å². The van der Waals surface area contributed by atoms with Crippen LogP contribution in [-0.4, -0.2) is 13.9 Å². The number of alkyl halides is 3. The minimum Gasteiger partial charge on any atom is -0.214 e. The lowest BCUT2D eigenvalue weighted by Crippen LogP contribution is -2.25. The Labute approximate surface area is 162 Å². The van der Waals surface area contributed by atoms with Gasteiger partial charge in [-0.15, -0.1) is 0 Å². The van der Waals surface area contributed by atoms with Crippen molar-refractivity contribution in [3.8, 4) is 22.3 Å². The molecule has 0 fully saturated rings. The Morgan fingerprint density at radius 3 is 1.66 bits per heavy atom. The van der Waals surface area contributed by atoms with Crippen molar-refractivity contribution in [3.05, 3.63) is 77.6 Å². The predicted molar refractivity (Wildman–Crippen MR) is 95.2 cm³/mol. The van der Waals surface area contributed by atoms with Crippen LogP contribution in [0.15, 0.2) is 59.5 Å². The summed E-state index contributed by atoms with van der Waals surface area (Å²) >= 11 is 0. The van der Waals surface area contributed by atoms with E-state index in [0.717, 1.165) is 11.6 Å². The van der Waals surface area contributed by atoms with Crippen LogP contribution < -0.4 is 0 Å². The van der Waals surface area contributed by atoms with Gasteiger partial charge < -0.3 is 0 Å². The second-order valence-electron chi connectivity index (χ2n) is 6.28. The molecule has 0 heterocycles. The zero-order valence-corrected chi connectivity index (χ0v) is 15.5. The standard InChI is InChI=1S/C20H12F6O2S/c1-11-2-4-12(5-3-11)13-6-7-15(16(21)8-13)14-9-17(22)19(18(23)10-14)29(27,28)20(24,25)26/h2-10H,1H3. The van der Waals surface area contributed by atoms with E-state index in [0.29, 0.717) is 23.3 Å². The van der Waals surface area contributed by atoms with Crippen molar-refractivity contribution < 1.29 is 34.8 Å². The van der Waals surface area contributed by atoms with Gasteiger partial charge in [-0.25, -0.2) is 21.6 Å². The monoisotopic (exact) mass is 430 g/mol. The predicted octanol–water partition coefficient (Wildman–Crippen LogP) is 6.04. The molecule has 0 saturated heterocycles. The average molecular weight is 430 g/mol. The molecule has 0 aliphatic carbocycles. The summed E-state index contributed by atoms with van der Waals surface area (Å²) in [4.78, 5) is -2.12. The van der Waals surface area contributed by atoms with Gasteiger partial charge in [0, 0.05) is 5.56 Å². The van der Waals surface area contributed by atoms with Crippen molar-refractivity contribution >= 4 is 9.84 Å². The quantitative estimate of drug-likeness (QED) is 0.475. The first kappa shape index (κ1) is 20.9. The van der Waals surface area contributed by atoms with Crippen molar-refractivity contribution in [2.45, 2.75) is 17.3 Å². The maximum absolute atomic E-state index is 14.5. The fourth-order valence-corrected chi connectivity index (χ4v) is 3.63. The lowest BCUT2D eigenvalue weighted by molar-refractivity contribution is -0.0439. The van der Waals surface area contributed by atoms with Gasteiger partial charge in [-0.1, -0.05) is 42.0 Å². The van der Waals surface area contributed by atoms with Gasteiger partial charge in [0.25, 0.3) is 9.84 Å². The number of benzene rings is 3. The van der Waals surface area contributed by atoms with Gasteiger partial charge in [0.1, 0.15) is 22.3 Å². The van der Waals surface area contributed by atoms with E-state index in [2.05, 4.69) is 0 Å². The Bertz CT molecular complexity index is 1160. The Morgan fingerprint density at radius 1 is 0.690 bits per heavy atom. The number of rotatable bonds is 3. The Morgan fingerprint density at radius 2 is 1.17 bits per heavy atom. The molecule has 0 bridgehead atoms. The molecule has 2 nitrogen and oxygen atoms in total. The van der Waals surface area contributed by atoms with E-state index < -0.39 is 43.3 Å². The van der Waals surface area contributed by atoms with E-state index in [1.807, 2.05) is 19.1 Å². The van der Waals surface area contributed by atoms with Crippen LogP contribution in [0.5, 0.6) is 0 Å². The highest BCUT2D eigenvalue weighted by molar-refractivity contribution is 7.92. The molecule has 0 unspecified atom stereocenters. The molecule has 0 N–H and O–H groups in total. The van der Waals surface area contributed by atoms with E-state index in [1.165, 1.54) is 12.1 Å². The zero-order valence-electron chi connectivity index (χ0n) is 14.7. The molecule has 3 aromatic rings. The van der Waals surface area contributed by atoms with Crippen molar-refractivity contribution in [2.75, 3.05) is 0 Å². The summed E-state index contributed by atoms with van der Waals surface area (Å²) in [5, 5.41) is 0. The van der Waals surface area contributed by atoms with Crippen LogP contribution in [-0.2, 0) is 9.84 Å². The van der Waals surface area contributed by atoms with Crippen LogP contribution in [0.25, 0.3) is 22.3 Å². The summed E-state index contributed by atoms with van der Waals surface area (Å²) in [6.07, 6.45) is 0. The van der Waals surface area contributed by atoms with E-state index in [4.69, 9.17) is 0 Å². The first-order chi connectivity index (χ1) is 13.4. The normalized spacial score (nSPS) is 12.2. The Hall–Kier alpha value is -2.81. The number of halogens is 6. The molecule has 0 spiro atoms. The molecule has 29 heavy (non-hydrogen) atoms. The maximum Gasteiger partial charge on any atom is 0.502 e. The van der Waals surface area contributed by atoms with Gasteiger partial charge in [-0.05, 0) is 41.8 Å². The molecule has 152 valence electrons. The molecule has 0 atom stereocenters. The molecule has 0 aliphatic rings. The highest BCUT2D eigenvalue weighted by Gasteiger charge is 2.50. The summed E-state index contributed by atoms with van der Waals surface area (Å²) in [6, 6.07) is 11.6. The van der Waals surface area contributed by atoms with Crippen LogP contribution >= 0.6 is 0 Å². The van der Waals surface area contributed by atoms with Gasteiger partial charge in [0.05, 0.1) is 0 Å². The number of sulfone groups is 1. The molecule has 0 aliphatic heterocycles. The Balaban J connectivity index is 2.07. The summed E-state index contributed by atoms with van der Waals surface area (Å²) in [7, 11) is -6.24. The van der Waals surface area contributed by atoms with E-state index in [1.54, 1.807) is 12.1 Å². The van der Waals surface area contributed by atoms with Crippen LogP contribution in [0.1, 0.15) is 5.56 Å². The number of aryl methyl sites for hydroxylation is 1. The first-order valence-corrected chi connectivity index (χ1v) is 9.57. The summed E-state index contributed by atoms with van der Waals surface area (Å²) < 4.78 is 103. The van der Waals surface area contributed by atoms with Crippen molar-refractivity contribution in [1.82, 2.24) is 0 Å². The van der Waals surface area contributed by atoms with Crippen LogP contribution in [0.2, 0.25) is 0 Å². The molecule has 0 amide bonds. The zero-order chi connectivity index (χ0) is 21.6. The molecule has 0 saturated carbocycles. The first-order valence-electron chi connectivity index (χ1n) is 8.09. The molecule has 0 aromatic heterocycles. The van der Waals surface area contributed by atoms with E-state index >= 15 is 0 Å². The summed E-state index contributed by atoms with van der Waals surface area (Å²) in [5.74, 6) is -4.80. The SMILES string of the molecule is Cc1ccc(-c2ccc(-c3cc(F)c(S(=O)(=O)C(F)(F)F)c(F)c3)c(F)c2)cc1. The second-order valence-corrected chi connectivity index (χ2v) is 8.16. The molecular weight excluding hydrogens is 418 g/mol. The average Bonchev–Trinajstić information content (AvgIpc) is 2.60. The number of hydrogen-bond acceptors (Lipinski definition) is 2. The molecule has 0 radical (unpaired) electrons. The summed E-state index contributed by atoms with van der Waals surface area (Å²) in [5.41, 5.74) is -4.46. The smallest absolute Gasteiger partial charge is 0.214 e. The lowest BCUT2D eigenvalue weighted by Gasteiger charge is -2.12. The van der Waals surface area contributed by atoms with Crippen molar-refractivity contribution in [3.63, 3.8) is 0 Å². The third-order valence-corrected chi connectivity index (χ3v) is 5.77. The van der Waals surface area contributed by atoms with Crippen LogP contribution in [0.3, 0.4) is 0 Å². The third kappa shape index (κ3) is 3.87. The largest absolute Gasteiger partial charge is 0.502 e. The van der Waals surface area contributed by atoms with Crippen molar-refractivity contribution in [1.29, 1.82) is 0 Å². The van der Waals surface area contributed by atoms with Gasteiger partial charge in [0.2, 0.25) is 0 Å². The Kier molecular flexibility index (Phi) is 5.20. The molecular formula is C20H12F6O2S. The maximum atomic E-state index is 14.5.